The normalized spacial score (nSPS) is 46.0. The SMILES string of the molecule is CCCCNC(=O)C1CC(=O)NC2CC[C@H]3[C@@H]4CCC[C@@]4(C)CC[C@@H]3[C@]21C. The van der Waals surface area contributed by atoms with E-state index in [1.54, 1.807) is 0 Å². The van der Waals surface area contributed by atoms with Crippen LogP contribution in [0.25, 0.3) is 0 Å². The van der Waals surface area contributed by atoms with Crippen molar-refractivity contribution in [2.75, 3.05) is 6.54 Å². The molecule has 0 bridgehead atoms. The third kappa shape index (κ3) is 3.02. The van der Waals surface area contributed by atoms with Crippen LogP contribution in [0.15, 0.2) is 0 Å². The molecular formula is C23H38N2O2. The molecule has 2 amide bonds. The average Bonchev–Trinajstić information content (AvgIpc) is 3.03. The van der Waals surface area contributed by atoms with Crippen LogP contribution in [0.3, 0.4) is 0 Å². The van der Waals surface area contributed by atoms with Gasteiger partial charge in [0.1, 0.15) is 0 Å². The van der Waals surface area contributed by atoms with E-state index in [2.05, 4.69) is 31.4 Å². The molecule has 4 fully saturated rings. The molecule has 152 valence electrons. The Labute approximate surface area is 164 Å². The second-order valence-electron chi connectivity index (χ2n) is 10.4. The summed E-state index contributed by atoms with van der Waals surface area (Å²) in [7, 11) is 0. The number of hydrogen-bond donors (Lipinski definition) is 2. The summed E-state index contributed by atoms with van der Waals surface area (Å²) in [5.41, 5.74) is 0.443. The Kier molecular flexibility index (Phi) is 5.05. The molecule has 4 aliphatic rings. The number of nitrogens with one attached hydrogen (secondary N) is 2. The number of carbonyl (C=O) groups excluding carboxylic acids is 2. The lowest BCUT2D eigenvalue weighted by Crippen LogP contribution is -2.66. The smallest absolute Gasteiger partial charge is 0.224 e. The van der Waals surface area contributed by atoms with E-state index in [9.17, 15) is 9.59 Å². The van der Waals surface area contributed by atoms with Crippen molar-refractivity contribution in [3.05, 3.63) is 0 Å². The maximum Gasteiger partial charge on any atom is 0.224 e. The van der Waals surface area contributed by atoms with Crippen LogP contribution in [0.4, 0.5) is 0 Å². The van der Waals surface area contributed by atoms with Gasteiger partial charge in [-0.3, -0.25) is 9.59 Å². The Balaban J connectivity index is 1.61. The van der Waals surface area contributed by atoms with Crippen LogP contribution in [0, 0.1) is 34.5 Å². The van der Waals surface area contributed by atoms with Gasteiger partial charge in [-0.1, -0.05) is 33.6 Å². The topological polar surface area (TPSA) is 58.2 Å². The summed E-state index contributed by atoms with van der Waals surface area (Å²) in [4.78, 5) is 25.6. The Morgan fingerprint density at radius 2 is 1.96 bits per heavy atom. The Morgan fingerprint density at radius 3 is 2.74 bits per heavy atom. The van der Waals surface area contributed by atoms with Crippen LogP contribution in [0.2, 0.25) is 0 Å². The third-order valence-electron chi connectivity index (χ3n) is 9.18. The minimum atomic E-state index is -0.160. The van der Waals surface area contributed by atoms with Crippen molar-refractivity contribution in [1.29, 1.82) is 0 Å². The minimum absolute atomic E-state index is 0.0769. The molecule has 3 aliphatic carbocycles. The molecule has 27 heavy (non-hydrogen) atoms. The monoisotopic (exact) mass is 374 g/mol. The van der Waals surface area contributed by atoms with E-state index >= 15 is 0 Å². The van der Waals surface area contributed by atoms with E-state index in [0.717, 1.165) is 37.6 Å². The Bertz CT molecular complexity index is 605. The van der Waals surface area contributed by atoms with Gasteiger partial charge in [0.05, 0.1) is 5.92 Å². The van der Waals surface area contributed by atoms with Crippen LogP contribution in [0.5, 0.6) is 0 Å². The van der Waals surface area contributed by atoms with Crippen LogP contribution in [-0.2, 0) is 9.59 Å². The summed E-state index contributed by atoms with van der Waals surface area (Å²) in [6.07, 6.45) is 11.4. The lowest BCUT2D eigenvalue weighted by atomic mass is 9.45. The number of amides is 2. The van der Waals surface area contributed by atoms with Gasteiger partial charge < -0.3 is 10.6 Å². The molecule has 0 spiro atoms. The fourth-order valence-electron chi connectivity index (χ4n) is 7.66. The maximum absolute atomic E-state index is 13.2. The molecule has 0 aromatic carbocycles. The van der Waals surface area contributed by atoms with Gasteiger partial charge in [-0.2, -0.15) is 0 Å². The van der Waals surface area contributed by atoms with E-state index in [0.29, 0.717) is 17.8 Å². The molecule has 4 heteroatoms. The van der Waals surface area contributed by atoms with Gasteiger partial charge in [-0.25, -0.2) is 0 Å². The van der Waals surface area contributed by atoms with Crippen molar-refractivity contribution >= 4 is 11.8 Å². The van der Waals surface area contributed by atoms with Crippen LogP contribution in [0.1, 0.15) is 85.0 Å². The van der Waals surface area contributed by atoms with E-state index < -0.39 is 0 Å². The quantitative estimate of drug-likeness (QED) is 0.730. The molecule has 0 aromatic rings. The van der Waals surface area contributed by atoms with Gasteiger partial charge in [0.2, 0.25) is 11.8 Å². The second-order valence-corrected chi connectivity index (χ2v) is 10.4. The highest BCUT2D eigenvalue weighted by Gasteiger charge is 2.62. The Morgan fingerprint density at radius 1 is 1.15 bits per heavy atom. The van der Waals surface area contributed by atoms with Crippen LogP contribution in [-0.4, -0.2) is 24.4 Å². The summed E-state index contributed by atoms with van der Waals surface area (Å²) < 4.78 is 0. The summed E-state index contributed by atoms with van der Waals surface area (Å²) >= 11 is 0. The molecule has 1 heterocycles. The van der Waals surface area contributed by atoms with Crippen molar-refractivity contribution in [2.24, 2.45) is 34.5 Å². The molecule has 3 saturated carbocycles. The number of carbonyl (C=O) groups is 2. The zero-order valence-corrected chi connectivity index (χ0v) is 17.5. The summed E-state index contributed by atoms with van der Waals surface area (Å²) in [5, 5.41) is 6.46. The van der Waals surface area contributed by atoms with Gasteiger partial charge >= 0.3 is 0 Å². The second kappa shape index (κ2) is 7.08. The zero-order valence-electron chi connectivity index (χ0n) is 17.5. The molecule has 2 N–H and O–H groups in total. The van der Waals surface area contributed by atoms with Gasteiger partial charge in [0.25, 0.3) is 0 Å². The molecule has 2 unspecified atom stereocenters. The van der Waals surface area contributed by atoms with E-state index in [1.807, 2.05) is 0 Å². The first kappa shape index (κ1) is 19.3. The summed E-state index contributed by atoms with van der Waals surface area (Å²) in [6.45, 7) is 7.75. The maximum atomic E-state index is 13.2. The highest BCUT2D eigenvalue weighted by molar-refractivity contribution is 5.88. The molecule has 7 atom stereocenters. The Hall–Kier alpha value is -1.06. The van der Waals surface area contributed by atoms with Crippen molar-refractivity contribution in [2.45, 2.75) is 91.0 Å². The average molecular weight is 375 g/mol. The van der Waals surface area contributed by atoms with E-state index in [-0.39, 0.29) is 29.2 Å². The molecule has 4 rings (SSSR count). The number of rotatable bonds is 4. The third-order valence-corrected chi connectivity index (χ3v) is 9.18. The first-order chi connectivity index (χ1) is 12.9. The predicted molar refractivity (Wildman–Crippen MR) is 107 cm³/mol. The molecule has 1 aliphatic heterocycles. The van der Waals surface area contributed by atoms with Crippen molar-refractivity contribution < 1.29 is 9.59 Å². The molecule has 4 nitrogen and oxygen atoms in total. The minimum Gasteiger partial charge on any atom is -0.356 e. The lowest BCUT2D eigenvalue weighted by Gasteiger charge is -2.61. The van der Waals surface area contributed by atoms with Gasteiger partial charge in [-0.15, -0.1) is 0 Å². The largest absolute Gasteiger partial charge is 0.356 e. The molecule has 0 radical (unpaired) electrons. The van der Waals surface area contributed by atoms with E-state index in [1.165, 1.54) is 38.5 Å². The molecule has 0 aromatic heterocycles. The van der Waals surface area contributed by atoms with Crippen LogP contribution < -0.4 is 10.6 Å². The van der Waals surface area contributed by atoms with Crippen LogP contribution >= 0.6 is 0 Å². The van der Waals surface area contributed by atoms with Gasteiger partial charge in [0, 0.05) is 24.4 Å². The predicted octanol–water partition coefficient (Wildman–Crippen LogP) is 4.04. The fourth-order valence-corrected chi connectivity index (χ4v) is 7.66. The summed E-state index contributed by atoms with van der Waals surface area (Å²) in [6, 6.07) is 0.174. The van der Waals surface area contributed by atoms with Crippen molar-refractivity contribution in [1.82, 2.24) is 10.6 Å². The molecular weight excluding hydrogens is 336 g/mol. The molecule has 1 saturated heterocycles. The zero-order chi connectivity index (χ0) is 19.2. The van der Waals surface area contributed by atoms with Gasteiger partial charge in [0.15, 0.2) is 0 Å². The number of unbranched alkanes of at least 4 members (excludes halogenated alkanes) is 1. The van der Waals surface area contributed by atoms with Crippen molar-refractivity contribution in [3.63, 3.8) is 0 Å². The number of hydrogen-bond acceptors (Lipinski definition) is 2. The fraction of sp³-hybridized carbons (Fsp3) is 0.913. The lowest BCUT2D eigenvalue weighted by molar-refractivity contribution is -0.158. The number of fused-ring (bicyclic) bond motifs is 5. The summed E-state index contributed by atoms with van der Waals surface area (Å²) in [5.74, 6) is 2.20. The highest BCUT2D eigenvalue weighted by atomic mass is 16.2. The highest BCUT2D eigenvalue weighted by Crippen LogP contribution is 2.64. The first-order valence-electron chi connectivity index (χ1n) is 11.5. The van der Waals surface area contributed by atoms with Crippen molar-refractivity contribution in [3.8, 4) is 0 Å². The standard InChI is InChI=1S/C23H38N2O2/c1-4-5-13-24-21(27)18-14-20(26)25-19-9-8-15-16-7-6-11-22(16,2)12-10-17(15)23(18,19)3/h15-19H,4-14H2,1-3H3,(H,24,27)(H,25,26)/t15-,16-,17-,18?,19?,22-,23-/m0/s1. The number of piperidine rings is 1. The van der Waals surface area contributed by atoms with E-state index in [4.69, 9.17) is 0 Å². The first-order valence-corrected chi connectivity index (χ1v) is 11.5. The van der Waals surface area contributed by atoms with Gasteiger partial charge in [-0.05, 0) is 68.1 Å².